The smallest absolute Gasteiger partial charge is 0.306 e. The molecular formula is C30H33ClF2O6S2. The first-order valence-corrected chi connectivity index (χ1v) is 16.0. The number of thioether (sulfide) groups is 1. The number of carbonyl (C=O) groups is 4. The molecule has 3 saturated carbocycles. The molecule has 0 unspecified atom stereocenters. The zero-order valence-corrected chi connectivity index (χ0v) is 25.6. The Morgan fingerprint density at radius 2 is 1.93 bits per heavy atom. The van der Waals surface area contributed by atoms with Crippen LogP contribution in [-0.2, 0) is 19.1 Å². The first-order chi connectivity index (χ1) is 19.2. The van der Waals surface area contributed by atoms with Gasteiger partial charge in [0, 0.05) is 29.1 Å². The average molecular weight is 627 g/mol. The lowest BCUT2D eigenvalue weighted by Gasteiger charge is -2.63. The molecule has 1 heterocycles. The fourth-order valence-corrected chi connectivity index (χ4v) is 10.4. The molecule has 41 heavy (non-hydrogen) atoms. The van der Waals surface area contributed by atoms with Crippen LogP contribution in [0.15, 0.2) is 35.9 Å². The Labute approximate surface area is 250 Å². The fraction of sp³-hybridized carbons (Fsp3) is 0.600. The Kier molecular flexibility index (Phi) is 7.74. The molecule has 6 nitrogen and oxygen atoms in total. The van der Waals surface area contributed by atoms with Crippen LogP contribution in [0.2, 0.25) is 4.34 Å². The van der Waals surface area contributed by atoms with Gasteiger partial charge in [0.15, 0.2) is 22.8 Å². The maximum atomic E-state index is 17.5. The van der Waals surface area contributed by atoms with Gasteiger partial charge in [0.05, 0.1) is 21.1 Å². The number of Topliss-reactive ketones (excluding diaryl/α,β-unsaturated/α-hetero) is 1. The number of allylic oxidation sites excluding steroid dienone is 4. The van der Waals surface area contributed by atoms with Crippen molar-refractivity contribution in [2.24, 2.45) is 28.6 Å². The van der Waals surface area contributed by atoms with Crippen LogP contribution in [0.5, 0.6) is 0 Å². The monoisotopic (exact) mass is 626 g/mol. The number of ketones is 2. The summed E-state index contributed by atoms with van der Waals surface area (Å²) < 4.78 is 39.8. The van der Waals surface area contributed by atoms with Gasteiger partial charge in [-0.05, 0) is 62.0 Å². The molecule has 0 amide bonds. The molecule has 0 saturated heterocycles. The molecule has 0 aliphatic heterocycles. The Balaban J connectivity index is 1.55. The summed E-state index contributed by atoms with van der Waals surface area (Å²) in [7, 11) is 0. The Morgan fingerprint density at radius 1 is 1.22 bits per heavy atom. The topological polar surface area (TPSA) is 97.7 Å². The number of fused-ring (bicyclic) bond motifs is 5. The van der Waals surface area contributed by atoms with Gasteiger partial charge in [-0.3, -0.25) is 19.2 Å². The van der Waals surface area contributed by atoms with Crippen molar-refractivity contribution < 1.29 is 37.8 Å². The second-order valence-corrected chi connectivity index (χ2v) is 14.8. The molecular weight excluding hydrogens is 594 g/mol. The van der Waals surface area contributed by atoms with Crippen LogP contribution >= 0.6 is 34.7 Å². The highest BCUT2D eigenvalue weighted by molar-refractivity contribution is 8.14. The summed E-state index contributed by atoms with van der Waals surface area (Å²) in [4.78, 5) is 52.3. The van der Waals surface area contributed by atoms with Crippen LogP contribution in [-0.4, -0.2) is 57.1 Å². The maximum Gasteiger partial charge on any atom is 0.306 e. The van der Waals surface area contributed by atoms with Gasteiger partial charge in [0.2, 0.25) is 5.12 Å². The normalized spacial score (nSPS) is 41.2. The zero-order chi connectivity index (χ0) is 30.1. The molecule has 3 fully saturated rings. The van der Waals surface area contributed by atoms with E-state index in [0.717, 1.165) is 29.2 Å². The number of carbonyl (C=O) groups excluding carboxylic acids is 4. The minimum Gasteiger partial charge on any atom is -0.449 e. The highest BCUT2D eigenvalue weighted by atomic mass is 35.5. The molecule has 0 spiro atoms. The van der Waals surface area contributed by atoms with Crippen molar-refractivity contribution in [2.45, 2.75) is 76.9 Å². The summed E-state index contributed by atoms with van der Waals surface area (Å²) in [6.07, 6.45) is 0.161. The third-order valence-corrected chi connectivity index (χ3v) is 12.5. The predicted octanol–water partition coefficient (Wildman–Crippen LogP) is 6.10. The highest BCUT2D eigenvalue weighted by Crippen LogP contribution is 2.72. The molecule has 0 bridgehead atoms. The second kappa shape index (κ2) is 10.4. The van der Waals surface area contributed by atoms with Gasteiger partial charge in [-0.15, -0.1) is 11.3 Å². The van der Waals surface area contributed by atoms with E-state index in [9.17, 15) is 24.3 Å². The van der Waals surface area contributed by atoms with E-state index in [1.807, 2.05) is 0 Å². The lowest BCUT2D eigenvalue weighted by atomic mass is 9.44. The standard InChI is InChI=1S/C30H33ClF2O6S2/c1-5-25(37)39-30(26(38)40-14-21(35)22-6-7-24(31)41-22)15(2)10-17-18-12-20(32)19-11-16(34)8-9-27(19,3)29(18,33)23(36)13-28(17,30)4/h6-9,11,15,17-18,20,23,36H,5,10,12-14H2,1-4H3/t15-,17+,18+,20+,23+,27+,28+,29+,30+/m1/s1. The molecule has 4 aliphatic rings. The van der Waals surface area contributed by atoms with E-state index in [-0.39, 0.29) is 42.8 Å². The van der Waals surface area contributed by atoms with Crippen molar-refractivity contribution in [3.63, 3.8) is 0 Å². The summed E-state index contributed by atoms with van der Waals surface area (Å²) >= 11 is 7.79. The molecule has 1 N–H and O–H groups in total. The number of aliphatic hydroxyl groups is 1. The average Bonchev–Trinajstić information content (AvgIpc) is 3.45. The van der Waals surface area contributed by atoms with Crippen molar-refractivity contribution in [1.82, 2.24) is 0 Å². The minimum atomic E-state index is -2.32. The van der Waals surface area contributed by atoms with E-state index in [1.165, 1.54) is 19.1 Å². The van der Waals surface area contributed by atoms with Crippen molar-refractivity contribution in [2.75, 3.05) is 5.75 Å². The SMILES string of the molecule is CCC(=O)O[C@]1(C(=O)SCC(=O)c2ccc(Cl)s2)[C@H](C)C[C@H]2[C@@H]3C[C@H](F)C4=CC(=O)C=C[C@]4(C)[C@@]3(F)[C@@H](O)C[C@@]21C. The Hall–Kier alpha value is -1.88. The van der Waals surface area contributed by atoms with Gasteiger partial charge in [0.25, 0.3) is 0 Å². The number of aliphatic hydroxyl groups excluding tert-OH is 1. The van der Waals surface area contributed by atoms with Gasteiger partial charge in [-0.25, -0.2) is 8.78 Å². The van der Waals surface area contributed by atoms with Gasteiger partial charge in [0.1, 0.15) is 6.17 Å². The fourth-order valence-electron chi connectivity index (χ4n) is 8.24. The van der Waals surface area contributed by atoms with E-state index in [4.69, 9.17) is 16.3 Å². The van der Waals surface area contributed by atoms with Crippen LogP contribution in [0.1, 0.15) is 63.0 Å². The van der Waals surface area contributed by atoms with Crippen LogP contribution in [0.3, 0.4) is 0 Å². The molecule has 9 atom stereocenters. The van der Waals surface area contributed by atoms with Crippen molar-refractivity contribution in [3.05, 3.63) is 45.1 Å². The highest BCUT2D eigenvalue weighted by Gasteiger charge is 2.78. The van der Waals surface area contributed by atoms with Gasteiger partial charge in [-0.1, -0.05) is 50.2 Å². The van der Waals surface area contributed by atoms with E-state index >= 15 is 8.78 Å². The van der Waals surface area contributed by atoms with Crippen LogP contribution in [0.4, 0.5) is 8.78 Å². The number of alkyl halides is 2. The molecule has 222 valence electrons. The lowest BCUT2D eigenvalue weighted by molar-refractivity contribution is -0.228. The summed E-state index contributed by atoms with van der Waals surface area (Å²) in [5.74, 6) is -3.84. The zero-order valence-electron chi connectivity index (χ0n) is 23.2. The number of thiophene rings is 1. The van der Waals surface area contributed by atoms with Crippen molar-refractivity contribution >= 4 is 57.4 Å². The number of halogens is 3. The molecule has 0 radical (unpaired) electrons. The number of esters is 1. The first kappa shape index (κ1) is 30.6. The number of ether oxygens (including phenoxy) is 1. The summed E-state index contributed by atoms with van der Waals surface area (Å²) in [5.41, 5.74) is -6.89. The largest absolute Gasteiger partial charge is 0.449 e. The summed E-state index contributed by atoms with van der Waals surface area (Å²) in [6.45, 7) is 6.58. The third kappa shape index (κ3) is 4.25. The molecule has 11 heteroatoms. The van der Waals surface area contributed by atoms with Crippen LogP contribution < -0.4 is 0 Å². The lowest BCUT2D eigenvalue weighted by Crippen LogP contribution is -2.70. The van der Waals surface area contributed by atoms with E-state index in [0.29, 0.717) is 9.21 Å². The maximum absolute atomic E-state index is 17.5. The van der Waals surface area contributed by atoms with Crippen molar-refractivity contribution in [3.8, 4) is 0 Å². The Morgan fingerprint density at radius 3 is 2.56 bits per heavy atom. The third-order valence-electron chi connectivity index (χ3n) is 10.2. The summed E-state index contributed by atoms with van der Waals surface area (Å²) in [5, 5.41) is 11.1. The van der Waals surface area contributed by atoms with Crippen LogP contribution in [0.25, 0.3) is 0 Å². The van der Waals surface area contributed by atoms with Gasteiger partial charge >= 0.3 is 5.97 Å². The first-order valence-electron chi connectivity index (χ1n) is 13.8. The van der Waals surface area contributed by atoms with E-state index in [2.05, 4.69) is 0 Å². The second-order valence-electron chi connectivity index (χ2n) is 12.2. The predicted molar refractivity (Wildman–Crippen MR) is 153 cm³/mol. The number of rotatable bonds is 6. The molecule has 4 aliphatic carbocycles. The van der Waals surface area contributed by atoms with Crippen molar-refractivity contribution in [1.29, 1.82) is 0 Å². The molecule has 5 rings (SSSR count). The van der Waals surface area contributed by atoms with Crippen LogP contribution in [0, 0.1) is 28.6 Å². The van der Waals surface area contributed by atoms with E-state index < -0.39 is 69.0 Å². The van der Waals surface area contributed by atoms with Gasteiger partial charge < -0.3 is 9.84 Å². The minimum absolute atomic E-state index is 0.0138. The molecule has 1 aromatic rings. The molecule has 0 aromatic carbocycles. The summed E-state index contributed by atoms with van der Waals surface area (Å²) in [6, 6.07) is 3.17. The Bertz CT molecular complexity index is 1380. The molecule has 1 aromatic heterocycles. The van der Waals surface area contributed by atoms with Gasteiger partial charge in [-0.2, -0.15) is 0 Å². The number of hydrogen-bond acceptors (Lipinski definition) is 8. The quantitative estimate of drug-likeness (QED) is 0.301. The van der Waals surface area contributed by atoms with E-state index in [1.54, 1.807) is 32.9 Å². The number of hydrogen-bond donors (Lipinski definition) is 1.